The number of carbonyl (C=O) groups excluding carboxylic acids is 3. The average Bonchev–Trinajstić information content (AvgIpc) is 3.05. The van der Waals surface area contributed by atoms with Crippen LogP contribution in [0.1, 0.15) is 46.1 Å². The van der Waals surface area contributed by atoms with Crippen LogP contribution in [0.15, 0.2) is 18.2 Å². The number of anilines is 2. The standard InChI is InChI=1S/C21H23N3O4S/c1-11-8-9-14-13(10-11)24(3)20(27)21(2,28-14)19(26)23-18-16(17(22)25)12-6-4-5-7-15(12)29-18/h8-10H,4-7H2,1-3H3,(H2,22,25)(H,23,26). The quantitative estimate of drug-likeness (QED) is 0.756. The van der Waals surface area contributed by atoms with E-state index in [1.807, 2.05) is 19.1 Å². The zero-order valence-corrected chi connectivity index (χ0v) is 17.4. The van der Waals surface area contributed by atoms with Crippen LogP contribution in [0, 0.1) is 6.92 Å². The van der Waals surface area contributed by atoms with Crippen LogP contribution in [0.4, 0.5) is 10.7 Å². The molecule has 2 aliphatic rings. The van der Waals surface area contributed by atoms with Crippen LogP contribution < -0.4 is 20.7 Å². The summed E-state index contributed by atoms with van der Waals surface area (Å²) in [7, 11) is 1.62. The van der Waals surface area contributed by atoms with Gasteiger partial charge in [0.2, 0.25) is 0 Å². The minimum atomic E-state index is -1.75. The second-order valence-corrected chi connectivity index (χ2v) is 8.81. The molecule has 8 heteroatoms. The Morgan fingerprint density at radius 2 is 2.00 bits per heavy atom. The van der Waals surface area contributed by atoms with Crippen molar-refractivity contribution in [1.82, 2.24) is 0 Å². The van der Waals surface area contributed by atoms with Gasteiger partial charge in [0.1, 0.15) is 10.8 Å². The van der Waals surface area contributed by atoms with E-state index >= 15 is 0 Å². The number of hydrogen-bond donors (Lipinski definition) is 2. The molecule has 2 heterocycles. The van der Waals surface area contributed by atoms with Gasteiger partial charge in [-0.1, -0.05) is 6.07 Å². The molecule has 1 aromatic heterocycles. The van der Waals surface area contributed by atoms with Crippen LogP contribution in [0.5, 0.6) is 5.75 Å². The van der Waals surface area contributed by atoms with Crippen LogP contribution in [-0.4, -0.2) is 30.4 Å². The summed E-state index contributed by atoms with van der Waals surface area (Å²) in [4.78, 5) is 40.8. The van der Waals surface area contributed by atoms with Gasteiger partial charge >= 0.3 is 0 Å². The molecule has 1 aromatic carbocycles. The lowest BCUT2D eigenvalue weighted by Gasteiger charge is -2.38. The van der Waals surface area contributed by atoms with Crippen LogP contribution in [0.3, 0.4) is 0 Å². The normalized spacial score (nSPS) is 20.5. The number of primary amides is 1. The molecule has 2 aromatic rings. The van der Waals surface area contributed by atoms with Crippen molar-refractivity contribution in [3.05, 3.63) is 39.8 Å². The summed E-state index contributed by atoms with van der Waals surface area (Å²) in [5, 5.41) is 3.15. The van der Waals surface area contributed by atoms with E-state index in [9.17, 15) is 14.4 Å². The Morgan fingerprint density at radius 1 is 1.28 bits per heavy atom. The highest BCUT2D eigenvalue weighted by atomic mass is 32.1. The third kappa shape index (κ3) is 3.07. The molecule has 4 rings (SSSR count). The predicted molar refractivity (Wildman–Crippen MR) is 112 cm³/mol. The van der Waals surface area contributed by atoms with Crippen molar-refractivity contribution in [2.24, 2.45) is 5.73 Å². The summed E-state index contributed by atoms with van der Waals surface area (Å²) in [6.07, 6.45) is 3.65. The fraction of sp³-hybridized carbons (Fsp3) is 0.381. The van der Waals surface area contributed by atoms with E-state index in [1.165, 1.54) is 23.2 Å². The van der Waals surface area contributed by atoms with E-state index in [1.54, 1.807) is 13.1 Å². The lowest BCUT2D eigenvalue weighted by Crippen LogP contribution is -2.59. The largest absolute Gasteiger partial charge is 0.465 e. The van der Waals surface area contributed by atoms with E-state index < -0.39 is 23.3 Å². The number of fused-ring (bicyclic) bond motifs is 2. The zero-order valence-electron chi connectivity index (χ0n) is 16.6. The Hall–Kier alpha value is -2.87. The number of ether oxygens (including phenoxy) is 1. The Kier molecular flexibility index (Phi) is 4.61. The number of hydrogen-bond acceptors (Lipinski definition) is 5. The predicted octanol–water partition coefficient (Wildman–Crippen LogP) is 2.79. The summed E-state index contributed by atoms with van der Waals surface area (Å²) < 4.78 is 5.88. The van der Waals surface area contributed by atoms with Crippen molar-refractivity contribution >= 4 is 39.7 Å². The van der Waals surface area contributed by atoms with Gasteiger partial charge in [-0.2, -0.15) is 0 Å². The van der Waals surface area contributed by atoms with E-state index in [-0.39, 0.29) is 0 Å². The number of benzene rings is 1. The second-order valence-electron chi connectivity index (χ2n) is 7.70. The minimum absolute atomic E-state index is 0.356. The van der Waals surface area contributed by atoms with E-state index in [0.717, 1.165) is 41.7 Å². The highest BCUT2D eigenvalue weighted by Gasteiger charge is 2.50. The van der Waals surface area contributed by atoms with Gasteiger partial charge in [-0.05, 0) is 62.8 Å². The van der Waals surface area contributed by atoms with E-state index in [2.05, 4.69) is 5.32 Å². The van der Waals surface area contributed by atoms with Gasteiger partial charge in [-0.3, -0.25) is 14.4 Å². The molecule has 0 fully saturated rings. The van der Waals surface area contributed by atoms with Crippen LogP contribution >= 0.6 is 11.3 Å². The summed E-state index contributed by atoms with van der Waals surface area (Å²) in [5.74, 6) is -1.22. The fourth-order valence-electron chi connectivity index (χ4n) is 3.95. The third-order valence-corrected chi connectivity index (χ3v) is 6.79. The first-order valence-electron chi connectivity index (χ1n) is 9.56. The molecule has 1 aliphatic heterocycles. The van der Waals surface area contributed by atoms with Gasteiger partial charge in [0.15, 0.2) is 0 Å². The molecule has 3 N–H and O–H groups in total. The Morgan fingerprint density at radius 3 is 2.72 bits per heavy atom. The number of aryl methyl sites for hydroxylation is 2. The molecule has 0 saturated carbocycles. The number of carbonyl (C=O) groups is 3. The number of nitrogens with two attached hydrogens (primary N) is 1. The molecule has 29 heavy (non-hydrogen) atoms. The topological polar surface area (TPSA) is 102 Å². The minimum Gasteiger partial charge on any atom is -0.465 e. The van der Waals surface area contributed by atoms with Crippen molar-refractivity contribution in [3.63, 3.8) is 0 Å². The van der Waals surface area contributed by atoms with Crippen molar-refractivity contribution in [2.45, 2.75) is 45.1 Å². The van der Waals surface area contributed by atoms with Crippen molar-refractivity contribution in [2.75, 3.05) is 17.3 Å². The first-order valence-corrected chi connectivity index (χ1v) is 10.4. The van der Waals surface area contributed by atoms with Gasteiger partial charge in [0.05, 0.1) is 11.3 Å². The molecule has 0 spiro atoms. The van der Waals surface area contributed by atoms with Crippen molar-refractivity contribution in [1.29, 1.82) is 0 Å². The Balaban J connectivity index is 1.68. The summed E-state index contributed by atoms with van der Waals surface area (Å²) in [6.45, 7) is 3.37. The average molecular weight is 413 g/mol. The number of likely N-dealkylation sites (N-methyl/N-ethyl adjacent to an activating group) is 1. The number of amides is 3. The lowest BCUT2D eigenvalue weighted by molar-refractivity contribution is -0.144. The number of rotatable bonds is 3. The highest BCUT2D eigenvalue weighted by Crippen LogP contribution is 2.41. The lowest BCUT2D eigenvalue weighted by atomic mass is 9.95. The van der Waals surface area contributed by atoms with Gasteiger partial charge < -0.3 is 20.7 Å². The molecule has 0 saturated heterocycles. The molecule has 1 atom stereocenters. The smallest absolute Gasteiger partial charge is 0.280 e. The van der Waals surface area contributed by atoms with Crippen molar-refractivity contribution in [3.8, 4) is 5.75 Å². The molecule has 1 unspecified atom stereocenters. The van der Waals surface area contributed by atoms with E-state index in [4.69, 9.17) is 10.5 Å². The molecular formula is C21H23N3O4S. The molecule has 3 amide bonds. The first kappa shape index (κ1) is 19.4. The van der Waals surface area contributed by atoms with Gasteiger partial charge in [-0.25, -0.2) is 0 Å². The van der Waals surface area contributed by atoms with Gasteiger partial charge in [0.25, 0.3) is 23.3 Å². The summed E-state index contributed by atoms with van der Waals surface area (Å²) in [5.41, 5.74) is 6.73. The molecule has 152 valence electrons. The fourth-order valence-corrected chi connectivity index (χ4v) is 5.24. The maximum Gasteiger partial charge on any atom is 0.280 e. The maximum atomic E-state index is 13.2. The molecule has 1 aliphatic carbocycles. The Labute approximate surface area is 172 Å². The number of nitrogens with one attached hydrogen (secondary N) is 1. The highest BCUT2D eigenvalue weighted by molar-refractivity contribution is 7.17. The monoisotopic (exact) mass is 413 g/mol. The number of nitrogens with zero attached hydrogens (tertiary/aromatic N) is 1. The van der Waals surface area contributed by atoms with E-state index in [0.29, 0.717) is 22.0 Å². The summed E-state index contributed by atoms with van der Waals surface area (Å²) >= 11 is 1.36. The Bertz CT molecular complexity index is 1040. The SMILES string of the molecule is Cc1ccc2c(c1)N(C)C(=O)C(C)(C(=O)Nc1sc3c(c1C(N)=O)CCCC3)O2. The molecule has 7 nitrogen and oxygen atoms in total. The maximum absolute atomic E-state index is 13.2. The van der Waals surface area contributed by atoms with Gasteiger partial charge in [-0.15, -0.1) is 11.3 Å². The first-order chi connectivity index (χ1) is 13.7. The van der Waals surface area contributed by atoms with Crippen LogP contribution in [0.25, 0.3) is 0 Å². The zero-order chi connectivity index (χ0) is 20.9. The van der Waals surface area contributed by atoms with Crippen LogP contribution in [-0.2, 0) is 22.4 Å². The molecule has 0 bridgehead atoms. The van der Waals surface area contributed by atoms with Gasteiger partial charge in [0, 0.05) is 11.9 Å². The van der Waals surface area contributed by atoms with Crippen molar-refractivity contribution < 1.29 is 19.1 Å². The number of thiophene rings is 1. The second kappa shape index (κ2) is 6.88. The third-order valence-electron chi connectivity index (χ3n) is 5.58. The summed E-state index contributed by atoms with van der Waals surface area (Å²) in [6, 6.07) is 5.44. The van der Waals surface area contributed by atoms with Crippen LogP contribution in [0.2, 0.25) is 0 Å². The molecule has 0 radical (unpaired) electrons. The molecular weight excluding hydrogens is 390 g/mol.